The molecule has 1 N–H and O–H groups in total. The molecule has 2 aromatic heterocycles. The van der Waals surface area contributed by atoms with Crippen LogP contribution in [-0.4, -0.2) is 48.2 Å². The van der Waals surface area contributed by atoms with E-state index in [1.165, 1.54) is 7.11 Å². The van der Waals surface area contributed by atoms with Gasteiger partial charge in [0, 0.05) is 43.0 Å². The summed E-state index contributed by atoms with van der Waals surface area (Å²) in [6, 6.07) is 5.72. The van der Waals surface area contributed by atoms with Crippen LogP contribution in [0, 0.1) is 5.82 Å². The summed E-state index contributed by atoms with van der Waals surface area (Å²) in [5.41, 5.74) is 2.20. The van der Waals surface area contributed by atoms with Gasteiger partial charge in [0.2, 0.25) is 0 Å². The second-order valence-electron chi connectivity index (χ2n) is 7.43. The number of nitrogens with zero attached hydrogens (tertiary/aromatic N) is 4. The Bertz CT molecular complexity index is 1080. The zero-order valence-electron chi connectivity index (χ0n) is 16.1. The van der Waals surface area contributed by atoms with Crippen molar-refractivity contribution in [3.05, 3.63) is 40.8 Å². The number of aromatic nitrogens is 3. The Balaban J connectivity index is 1.70. The van der Waals surface area contributed by atoms with Crippen molar-refractivity contribution in [3.63, 3.8) is 0 Å². The van der Waals surface area contributed by atoms with Gasteiger partial charge >= 0.3 is 6.01 Å². The molecule has 0 unspecified atom stereocenters. The first-order valence-electron chi connectivity index (χ1n) is 9.82. The van der Waals surface area contributed by atoms with Gasteiger partial charge in [-0.3, -0.25) is 4.98 Å². The number of rotatable bonds is 4. The van der Waals surface area contributed by atoms with Crippen LogP contribution < -0.4 is 15.0 Å². The predicted molar refractivity (Wildman–Crippen MR) is 111 cm³/mol. The van der Waals surface area contributed by atoms with Gasteiger partial charge in [-0.15, -0.1) is 0 Å². The molecule has 1 aliphatic carbocycles. The molecule has 0 radical (unpaired) electrons. The van der Waals surface area contributed by atoms with Crippen molar-refractivity contribution in [3.8, 4) is 17.3 Å². The van der Waals surface area contributed by atoms with Crippen LogP contribution in [0.4, 0.5) is 10.2 Å². The lowest BCUT2D eigenvalue weighted by Crippen LogP contribution is -2.44. The fourth-order valence-electron chi connectivity index (χ4n) is 3.95. The lowest BCUT2D eigenvalue weighted by Gasteiger charge is -2.29. The molecule has 29 heavy (non-hydrogen) atoms. The van der Waals surface area contributed by atoms with Crippen LogP contribution in [0.5, 0.6) is 6.01 Å². The number of fused-ring (bicyclic) bond motifs is 1. The van der Waals surface area contributed by atoms with Crippen LogP contribution in [-0.2, 0) is 0 Å². The molecule has 0 amide bonds. The zero-order valence-corrected chi connectivity index (χ0v) is 16.8. The van der Waals surface area contributed by atoms with E-state index < -0.39 is 5.82 Å². The standard InChI is InChI=1S/C21H21ClFN5O/c1-29-21-26-19-14(20(27-21)28-9-7-24-8-10-28)11-25-18(17(19)23)13-3-2-4-15(22)16(13)12-5-6-12/h2-4,11-12,24H,5-10H2,1H3. The van der Waals surface area contributed by atoms with Crippen LogP contribution >= 0.6 is 11.6 Å². The number of benzene rings is 1. The van der Waals surface area contributed by atoms with Gasteiger partial charge in [0.05, 0.1) is 12.5 Å². The lowest BCUT2D eigenvalue weighted by molar-refractivity contribution is 0.381. The first kappa shape index (κ1) is 18.5. The van der Waals surface area contributed by atoms with E-state index in [1.54, 1.807) is 6.20 Å². The fourth-order valence-corrected chi connectivity index (χ4v) is 4.28. The Morgan fingerprint density at radius 1 is 1.21 bits per heavy atom. The Labute approximate surface area is 173 Å². The SMILES string of the molecule is COc1nc(N2CCNCC2)c2cnc(-c3cccc(Cl)c3C3CC3)c(F)c2n1. The van der Waals surface area contributed by atoms with E-state index in [-0.39, 0.29) is 17.2 Å². The summed E-state index contributed by atoms with van der Waals surface area (Å²) < 4.78 is 21.0. The number of hydrogen-bond donors (Lipinski definition) is 1. The van der Waals surface area contributed by atoms with Crippen molar-refractivity contribution in [2.45, 2.75) is 18.8 Å². The van der Waals surface area contributed by atoms with E-state index in [9.17, 15) is 0 Å². The molecule has 150 valence electrons. The van der Waals surface area contributed by atoms with Crippen LogP contribution in [0.25, 0.3) is 22.2 Å². The van der Waals surface area contributed by atoms with Crippen LogP contribution in [0.15, 0.2) is 24.4 Å². The molecule has 1 saturated heterocycles. The number of nitrogens with one attached hydrogen (secondary N) is 1. The van der Waals surface area contributed by atoms with E-state index in [4.69, 9.17) is 16.3 Å². The van der Waals surface area contributed by atoms with E-state index in [1.807, 2.05) is 18.2 Å². The number of pyridine rings is 1. The number of piperazine rings is 1. The van der Waals surface area contributed by atoms with Gasteiger partial charge in [0.25, 0.3) is 0 Å². The minimum Gasteiger partial charge on any atom is -0.467 e. The molecule has 3 aromatic rings. The van der Waals surface area contributed by atoms with E-state index in [2.05, 4.69) is 25.2 Å². The monoisotopic (exact) mass is 413 g/mol. The molecule has 3 heterocycles. The Kier molecular flexibility index (Phi) is 4.72. The largest absolute Gasteiger partial charge is 0.467 e. The van der Waals surface area contributed by atoms with Crippen molar-refractivity contribution < 1.29 is 9.13 Å². The van der Waals surface area contributed by atoms with Crippen LogP contribution in [0.1, 0.15) is 24.3 Å². The van der Waals surface area contributed by atoms with Gasteiger partial charge < -0.3 is 15.0 Å². The van der Waals surface area contributed by atoms with Crippen LogP contribution in [0.3, 0.4) is 0 Å². The third-order valence-corrected chi connectivity index (χ3v) is 5.87. The minimum atomic E-state index is -0.469. The predicted octanol–water partition coefficient (Wildman–Crippen LogP) is 3.78. The van der Waals surface area contributed by atoms with Crippen molar-refractivity contribution in [1.29, 1.82) is 0 Å². The third-order valence-electron chi connectivity index (χ3n) is 5.54. The van der Waals surface area contributed by atoms with Crippen molar-refractivity contribution in [1.82, 2.24) is 20.3 Å². The quantitative estimate of drug-likeness (QED) is 0.702. The molecular formula is C21H21ClFN5O. The van der Waals surface area contributed by atoms with E-state index in [0.29, 0.717) is 22.1 Å². The minimum absolute atomic E-state index is 0.149. The first-order valence-corrected chi connectivity index (χ1v) is 10.2. The molecule has 8 heteroatoms. The smallest absolute Gasteiger partial charge is 0.318 e. The molecule has 1 aromatic carbocycles. The average Bonchev–Trinajstić information content (AvgIpc) is 3.59. The fraction of sp³-hybridized carbons (Fsp3) is 0.381. The zero-order chi connectivity index (χ0) is 20.0. The summed E-state index contributed by atoms with van der Waals surface area (Å²) in [6.07, 6.45) is 3.80. The third kappa shape index (κ3) is 3.28. The highest BCUT2D eigenvalue weighted by atomic mass is 35.5. The molecule has 1 saturated carbocycles. The highest BCUT2D eigenvalue weighted by Crippen LogP contribution is 2.48. The highest BCUT2D eigenvalue weighted by Gasteiger charge is 2.30. The maximum absolute atomic E-state index is 15.7. The molecule has 0 atom stereocenters. The summed E-state index contributed by atoms with van der Waals surface area (Å²) in [5.74, 6) is 0.551. The number of halogens is 2. The summed E-state index contributed by atoms with van der Waals surface area (Å²) in [7, 11) is 1.49. The average molecular weight is 414 g/mol. The first-order chi connectivity index (χ1) is 14.2. The summed E-state index contributed by atoms with van der Waals surface area (Å²) in [5, 5.41) is 4.56. The summed E-state index contributed by atoms with van der Waals surface area (Å²) in [6.45, 7) is 3.24. The normalized spacial score (nSPS) is 17.0. The van der Waals surface area contributed by atoms with Crippen molar-refractivity contribution in [2.75, 3.05) is 38.2 Å². The van der Waals surface area contributed by atoms with Crippen molar-refractivity contribution >= 4 is 28.3 Å². The Morgan fingerprint density at radius 2 is 2.00 bits per heavy atom. The number of methoxy groups -OCH3 is 1. The number of ether oxygens (including phenoxy) is 1. The molecule has 2 fully saturated rings. The Morgan fingerprint density at radius 3 is 2.72 bits per heavy atom. The maximum Gasteiger partial charge on any atom is 0.318 e. The topological polar surface area (TPSA) is 63.2 Å². The maximum atomic E-state index is 15.7. The van der Waals surface area contributed by atoms with E-state index >= 15 is 4.39 Å². The summed E-state index contributed by atoms with van der Waals surface area (Å²) in [4.78, 5) is 15.4. The number of hydrogen-bond acceptors (Lipinski definition) is 6. The Hall–Kier alpha value is -2.51. The molecule has 0 spiro atoms. The van der Waals surface area contributed by atoms with Gasteiger partial charge in [-0.1, -0.05) is 23.7 Å². The highest BCUT2D eigenvalue weighted by molar-refractivity contribution is 6.31. The van der Waals surface area contributed by atoms with Crippen molar-refractivity contribution in [2.24, 2.45) is 0 Å². The second kappa shape index (κ2) is 7.39. The van der Waals surface area contributed by atoms with Gasteiger partial charge in [0.15, 0.2) is 5.82 Å². The number of anilines is 1. The van der Waals surface area contributed by atoms with E-state index in [0.717, 1.165) is 50.1 Å². The summed E-state index contributed by atoms with van der Waals surface area (Å²) >= 11 is 6.45. The molecule has 6 nitrogen and oxygen atoms in total. The molecule has 2 aliphatic rings. The molecule has 0 bridgehead atoms. The van der Waals surface area contributed by atoms with Gasteiger partial charge in [-0.05, 0) is 30.4 Å². The second-order valence-corrected chi connectivity index (χ2v) is 7.84. The molecular weight excluding hydrogens is 393 g/mol. The lowest BCUT2D eigenvalue weighted by atomic mass is 9.99. The molecule has 1 aliphatic heterocycles. The van der Waals surface area contributed by atoms with Gasteiger partial charge in [-0.2, -0.15) is 9.97 Å². The van der Waals surface area contributed by atoms with Crippen LogP contribution in [0.2, 0.25) is 5.02 Å². The molecule has 5 rings (SSSR count). The van der Waals surface area contributed by atoms with Gasteiger partial charge in [0.1, 0.15) is 17.0 Å². The van der Waals surface area contributed by atoms with Gasteiger partial charge in [-0.25, -0.2) is 4.39 Å².